The number of amides is 2. The first-order chi connectivity index (χ1) is 15.8. The molecule has 33 heavy (non-hydrogen) atoms. The van der Waals surface area contributed by atoms with Gasteiger partial charge in [0, 0.05) is 0 Å². The number of rotatable bonds is 10. The average Bonchev–Trinajstić information content (AvgIpc) is 3.34. The van der Waals surface area contributed by atoms with Crippen LogP contribution in [0, 0.1) is 5.82 Å². The van der Waals surface area contributed by atoms with Gasteiger partial charge in [0.1, 0.15) is 17.6 Å². The van der Waals surface area contributed by atoms with Crippen molar-refractivity contribution in [3.05, 3.63) is 84.6 Å². The molecule has 0 aliphatic rings. The van der Waals surface area contributed by atoms with Gasteiger partial charge < -0.3 is 9.73 Å². The highest BCUT2D eigenvalue weighted by Crippen LogP contribution is 2.23. The lowest BCUT2D eigenvalue weighted by Gasteiger charge is -2.30. The molecule has 1 heterocycles. The molecule has 0 spiro atoms. The number of halogens is 1. The van der Waals surface area contributed by atoms with E-state index in [0.29, 0.717) is 5.76 Å². The highest BCUT2D eigenvalue weighted by Gasteiger charge is 2.32. The van der Waals surface area contributed by atoms with Crippen LogP contribution in [0.5, 0.6) is 0 Å². The average molecular weight is 474 g/mol. The molecule has 0 aliphatic heterocycles. The first-order valence-electron chi connectivity index (χ1n) is 10.2. The second kappa shape index (κ2) is 10.9. The number of furan rings is 1. The zero-order valence-corrected chi connectivity index (χ0v) is 18.7. The maximum atomic E-state index is 14.6. The molecule has 2 aromatic carbocycles. The third-order valence-corrected chi connectivity index (χ3v) is 6.28. The van der Waals surface area contributed by atoms with Gasteiger partial charge in [-0.25, -0.2) is 17.5 Å². The molecule has 3 aromatic rings. The summed E-state index contributed by atoms with van der Waals surface area (Å²) in [6.07, 6.45) is 1.63. The highest BCUT2D eigenvalue weighted by atomic mass is 32.2. The Kier molecular flexibility index (Phi) is 7.96. The minimum atomic E-state index is -3.98. The third kappa shape index (κ3) is 6.05. The summed E-state index contributed by atoms with van der Waals surface area (Å²) in [7, 11) is -3.98. The van der Waals surface area contributed by atoms with Crippen LogP contribution in [0.3, 0.4) is 0 Å². The number of carbonyl (C=O) groups excluding carboxylic acids is 2. The Morgan fingerprint density at radius 1 is 1.03 bits per heavy atom. The minimum absolute atomic E-state index is 0.0153. The predicted octanol–water partition coefficient (Wildman–Crippen LogP) is 2.83. The Morgan fingerprint density at radius 3 is 2.36 bits per heavy atom. The number of para-hydroxylation sites is 1. The van der Waals surface area contributed by atoms with Crippen molar-refractivity contribution < 1.29 is 26.8 Å². The van der Waals surface area contributed by atoms with Crippen molar-refractivity contribution >= 4 is 27.5 Å². The van der Waals surface area contributed by atoms with Gasteiger partial charge in [0.15, 0.2) is 0 Å². The second-order valence-corrected chi connectivity index (χ2v) is 8.84. The predicted molar refractivity (Wildman–Crippen MR) is 120 cm³/mol. The molecule has 3 rings (SSSR count). The summed E-state index contributed by atoms with van der Waals surface area (Å²) in [6, 6.07) is 15.3. The molecule has 0 radical (unpaired) electrons. The molecule has 0 aliphatic carbocycles. The number of anilines is 1. The number of nitrogens with zero attached hydrogens (tertiary/aromatic N) is 1. The van der Waals surface area contributed by atoms with E-state index < -0.39 is 40.2 Å². The first-order valence-corrected chi connectivity index (χ1v) is 11.7. The Labute approximate surface area is 191 Å². The Morgan fingerprint density at radius 2 is 1.73 bits per heavy atom. The maximum Gasteiger partial charge on any atom is 0.243 e. The van der Waals surface area contributed by atoms with Crippen LogP contribution in [0.1, 0.15) is 19.1 Å². The van der Waals surface area contributed by atoms with Crippen LogP contribution in [0.4, 0.5) is 10.1 Å². The fraction of sp³-hybridized carbons (Fsp3) is 0.217. The van der Waals surface area contributed by atoms with Crippen molar-refractivity contribution in [3.8, 4) is 0 Å². The maximum absolute atomic E-state index is 14.6. The van der Waals surface area contributed by atoms with Crippen molar-refractivity contribution in [2.45, 2.75) is 30.8 Å². The van der Waals surface area contributed by atoms with Crippen LogP contribution in [0.15, 0.2) is 82.3 Å². The molecule has 10 heteroatoms. The summed E-state index contributed by atoms with van der Waals surface area (Å²) in [5.74, 6) is -1.51. The molecule has 0 saturated heterocycles. The quantitative estimate of drug-likeness (QED) is 0.471. The van der Waals surface area contributed by atoms with E-state index in [1.54, 1.807) is 37.3 Å². The van der Waals surface area contributed by atoms with Gasteiger partial charge in [-0.3, -0.25) is 14.5 Å². The van der Waals surface area contributed by atoms with Gasteiger partial charge in [0.25, 0.3) is 0 Å². The van der Waals surface area contributed by atoms with Gasteiger partial charge >= 0.3 is 0 Å². The van der Waals surface area contributed by atoms with Crippen molar-refractivity contribution in [2.24, 2.45) is 0 Å². The van der Waals surface area contributed by atoms with Gasteiger partial charge in [-0.05, 0) is 42.8 Å². The summed E-state index contributed by atoms with van der Waals surface area (Å²) in [4.78, 5) is 27.0. The lowest BCUT2D eigenvalue weighted by Crippen LogP contribution is -2.52. The standard InChI is InChI=1S/C23H24FN3O5S/c1-2-20(23(29)25-15-17-9-8-14-32-17)27(21-13-7-6-12-19(21)24)22(28)16-26-33(30,31)18-10-4-3-5-11-18/h3-14,20,26H,2,15-16H2,1H3,(H,25,29)/t20-/m1/s1. The first kappa shape index (κ1) is 24.1. The monoisotopic (exact) mass is 473 g/mol. The topological polar surface area (TPSA) is 109 Å². The van der Waals surface area contributed by atoms with E-state index in [-0.39, 0.29) is 23.5 Å². The van der Waals surface area contributed by atoms with E-state index in [2.05, 4.69) is 10.0 Å². The van der Waals surface area contributed by atoms with Crippen LogP contribution in [0.2, 0.25) is 0 Å². The summed E-state index contributed by atoms with van der Waals surface area (Å²) in [5.41, 5.74) is -0.124. The van der Waals surface area contributed by atoms with Crippen LogP contribution in [0.25, 0.3) is 0 Å². The summed E-state index contributed by atoms with van der Waals surface area (Å²) in [6.45, 7) is 1.10. The fourth-order valence-corrected chi connectivity index (χ4v) is 4.23. The smallest absolute Gasteiger partial charge is 0.243 e. The number of sulfonamides is 1. The molecular formula is C23H24FN3O5S. The number of benzene rings is 2. The van der Waals surface area contributed by atoms with Gasteiger partial charge in [-0.1, -0.05) is 37.3 Å². The number of nitrogens with one attached hydrogen (secondary N) is 2. The van der Waals surface area contributed by atoms with E-state index in [4.69, 9.17) is 4.42 Å². The minimum Gasteiger partial charge on any atom is -0.467 e. The molecule has 0 saturated carbocycles. The Balaban J connectivity index is 1.83. The van der Waals surface area contributed by atoms with Crippen LogP contribution in [-0.2, 0) is 26.2 Å². The van der Waals surface area contributed by atoms with Crippen LogP contribution in [-0.4, -0.2) is 32.8 Å². The molecule has 0 bridgehead atoms. The van der Waals surface area contributed by atoms with Crippen molar-refractivity contribution in [1.82, 2.24) is 10.0 Å². The Bertz CT molecular complexity index is 1180. The van der Waals surface area contributed by atoms with E-state index in [0.717, 1.165) is 11.0 Å². The van der Waals surface area contributed by atoms with E-state index in [1.165, 1.54) is 36.6 Å². The van der Waals surface area contributed by atoms with Gasteiger partial charge in [-0.2, -0.15) is 0 Å². The lowest BCUT2D eigenvalue weighted by molar-refractivity contribution is -0.126. The molecule has 2 N–H and O–H groups in total. The molecular weight excluding hydrogens is 449 g/mol. The third-order valence-electron chi connectivity index (χ3n) is 4.87. The SMILES string of the molecule is CC[C@H](C(=O)NCc1ccco1)N(C(=O)CNS(=O)(=O)c1ccccc1)c1ccccc1F. The van der Waals surface area contributed by atoms with Gasteiger partial charge in [-0.15, -0.1) is 0 Å². The second-order valence-electron chi connectivity index (χ2n) is 7.07. The number of hydrogen-bond acceptors (Lipinski definition) is 5. The highest BCUT2D eigenvalue weighted by molar-refractivity contribution is 7.89. The number of hydrogen-bond donors (Lipinski definition) is 2. The van der Waals surface area contributed by atoms with E-state index in [1.807, 2.05) is 0 Å². The molecule has 0 unspecified atom stereocenters. The molecule has 0 fully saturated rings. The summed E-state index contributed by atoms with van der Waals surface area (Å²) >= 11 is 0. The largest absolute Gasteiger partial charge is 0.467 e. The van der Waals surface area contributed by atoms with Gasteiger partial charge in [0.05, 0.1) is 29.9 Å². The molecule has 1 aromatic heterocycles. The molecule has 2 amide bonds. The summed E-state index contributed by atoms with van der Waals surface area (Å²) < 4.78 is 47.1. The van der Waals surface area contributed by atoms with Gasteiger partial charge in [0.2, 0.25) is 21.8 Å². The van der Waals surface area contributed by atoms with Crippen molar-refractivity contribution in [3.63, 3.8) is 0 Å². The Hall–Kier alpha value is -3.50. The number of carbonyl (C=O) groups is 2. The molecule has 8 nitrogen and oxygen atoms in total. The van der Waals surface area contributed by atoms with Crippen molar-refractivity contribution in [1.29, 1.82) is 0 Å². The van der Waals surface area contributed by atoms with E-state index >= 15 is 0 Å². The fourth-order valence-electron chi connectivity index (χ4n) is 3.24. The van der Waals surface area contributed by atoms with E-state index in [9.17, 15) is 22.4 Å². The summed E-state index contributed by atoms with van der Waals surface area (Å²) in [5, 5.41) is 2.67. The van der Waals surface area contributed by atoms with Crippen LogP contribution < -0.4 is 14.9 Å². The van der Waals surface area contributed by atoms with Crippen molar-refractivity contribution in [2.75, 3.05) is 11.4 Å². The zero-order chi connectivity index (χ0) is 23.8. The molecule has 174 valence electrons. The van der Waals surface area contributed by atoms with Crippen LogP contribution >= 0.6 is 0 Å². The normalized spacial score (nSPS) is 12.2. The molecule has 1 atom stereocenters. The lowest BCUT2D eigenvalue weighted by atomic mass is 10.1. The zero-order valence-electron chi connectivity index (χ0n) is 17.9.